The lowest BCUT2D eigenvalue weighted by atomic mass is 9.77. The fourth-order valence-electron chi connectivity index (χ4n) is 3.44. The fourth-order valence-corrected chi connectivity index (χ4v) is 3.90. The van der Waals surface area contributed by atoms with E-state index in [1.54, 1.807) is 0 Å². The van der Waals surface area contributed by atoms with E-state index < -0.39 is 29.2 Å². The van der Waals surface area contributed by atoms with Crippen LogP contribution in [0.4, 0.5) is 13.2 Å². The van der Waals surface area contributed by atoms with Crippen LogP contribution >= 0.6 is 23.2 Å². The van der Waals surface area contributed by atoms with Crippen LogP contribution in [0.5, 0.6) is 17.2 Å². The second-order valence-corrected chi connectivity index (χ2v) is 8.46. The van der Waals surface area contributed by atoms with Crippen molar-refractivity contribution in [1.29, 1.82) is 5.41 Å². The summed E-state index contributed by atoms with van der Waals surface area (Å²) in [5.74, 6) is -2.39. The van der Waals surface area contributed by atoms with Crippen molar-refractivity contribution in [3.63, 3.8) is 0 Å². The quantitative estimate of drug-likeness (QED) is 0.240. The Kier molecular flexibility index (Phi) is 9.00. The Morgan fingerprint density at radius 2 is 1.77 bits per heavy atom. The number of halogens is 5. The highest BCUT2D eigenvalue weighted by atomic mass is 35.5. The van der Waals surface area contributed by atoms with Gasteiger partial charge in [-0.15, -0.1) is 0 Å². The average Bonchev–Trinajstić information content (AvgIpc) is 2.76. The second kappa shape index (κ2) is 11.2. The number of alkyl halides is 3. The molecule has 0 aliphatic heterocycles. The Morgan fingerprint density at radius 1 is 1.17 bits per heavy atom. The molecule has 0 heterocycles. The van der Waals surface area contributed by atoms with Gasteiger partial charge in [-0.05, 0) is 54.5 Å². The van der Waals surface area contributed by atoms with Crippen molar-refractivity contribution in [2.75, 3.05) is 7.11 Å². The first-order valence-corrected chi connectivity index (χ1v) is 10.7. The molecule has 188 valence electrons. The Hall–Kier alpha value is -3.01. The molecule has 2 aromatic rings. The number of hydrogen-bond acceptors (Lipinski definition) is 5. The zero-order chi connectivity index (χ0) is 26.6. The first-order valence-electron chi connectivity index (χ1n) is 9.99. The third kappa shape index (κ3) is 6.17. The molecule has 0 saturated heterocycles. The van der Waals surface area contributed by atoms with E-state index in [9.17, 15) is 28.2 Å². The first kappa shape index (κ1) is 28.2. The number of carboxylic acid groups (broad SMARTS) is 1. The van der Waals surface area contributed by atoms with Crippen LogP contribution < -0.4 is 9.47 Å². The lowest BCUT2D eigenvalue weighted by Crippen LogP contribution is -2.50. The molecular formula is C24H22Cl2F3NO5. The van der Waals surface area contributed by atoms with Crippen molar-refractivity contribution in [2.45, 2.75) is 31.5 Å². The fraction of sp³-hybridized carbons (Fsp3) is 0.250. The third-order valence-electron chi connectivity index (χ3n) is 5.19. The minimum atomic E-state index is -5.13. The smallest absolute Gasteiger partial charge is 0.422 e. The van der Waals surface area contributed by atoms with Gasteiger partial charge < -0.3 is 25.1 Å². The van der Waals surface area contributed by atoms with Gasteiger partial charge in [-0.3, -0.25) is 0 Å². The van der Waals surface area contributed by atoms with E-state index in [0.717, 1.165) is 19.1 Å². The van der Waals surface area contributed by atoms with Gasteiger partial charge >= 0.3 is 12.1 Å². The van der Waals surface area contributed by atoms with Gasteiger partial charge in [0.1, 0.15) is 22.8 Å². The minimum Gasteiger partial charge on any atom is -0.496 e. The van der Waals surface area contributed by atoms with Crippen molar-refractivity contribution in [2.24, 2.45) is 0 Å². The number of nitrogens with one attached hydrogen (secondary N) is 1. The SMILES string of the molecule is COc1cc(Oc2ccc(C(C)C(O)(C(/C=C(\C)Cl)=C/C=N)C(F)(F)F)c(Cl)c2)ccc1C(=O)O. The summed E-state index contributed by atoms with van der Waals surface area (Å²) in [6.07, 6.45) is -2.76. The largest absolute Gasteiger partial charge is 0.496 e. The molecule has 3 N–H and O–H groups in total. The van der Waals surface area contributed by atoms with Gasteiger partial charge in [-0.1, -0.05) is 36.2 Å². The molecule has 0 spiro atoms. The number of carboxylic acids is 1. The first-order chi connectivity index (χ1) is 16.3. The van der Waals surface area contributed by atoms with Crippen molar-refractivity contribution in [1.82, 2.24) is 0 Å². The van der Waals surface area contributed by atoms with Crippen LogP contribution in [0.3, 0.4) is 0 Å². The van der Waals surface area contributed by atoms with Gasteiger partial charge in [0.05, 0.1) is 7.11 Å². The number of ether oxygens (including phenoxy) is 2. The number of aliphatic hydroxyl groups is 1. The number of carbonyl (C=O) groups is 1. The van der Waals surface area contributed by atoms with E-state index in [1.807, 2.05) is 0 Å². The number of methoxy groups -OCH3 is 1. The van der Waals surface area contributed by atoms with Crippen LogP contribution in [0.1, 0.15) is 35.7 Å². The Balaban J connectivity index is 2.48. The van der Waals surface area contributed by atoms with Crippen LogP contribution in [-0.4, -0.2) is 41.3 Å². The number of hydrogen-bond donors (Lipinski definition) is 3. The van der Waals surface area contributed by atoms with Crippen LogP contribution in [-0.2, 0) is 0 Å². The average molecular weight is 532 g/mol. The van der Waals surface area contributed by atoms with Crippen LogP contribution in [0.15, 0.2) is 59.2 Å². The monoisotopic (exact) mass is 531 g/mol. The third-order valence-corrected chi connectivity index (χ3v) is 5.63. The Labute approximate surface area is 209 Å². The number of aromatic carboxylic acids is 1. The predicted molar refractivity (Wildman–Crippen MR) is 127 cm³/mol. The summed E-state index contributed by atoms with van der Waals surface area (Å²) in [6.45, 7) is 2.50. The molecule has 0 aliphatic carbocycles. The molecule has 2 atom stereocenters. The zero-order valence-corrected chi connectivity index (χ0v) is 20.3. The molecule has 2 aromatic carbocycles. The molecule has 0 aliphatic rings. The topological polar surface area (TPSA) is 99.8 Å². The summed E-state index contributed by atoms with van der Waals surface area (Å²) < 4.78 is 53.2. The molecule has 0 saturated carbocycles. The van der Waals surface area contributed by atoms with Crippen LogP contribution in [0.2, 0.25) is 5.02 Å². The van der Waals surface area contributed by atoms with Gasteiger partial charge in [0.15, 0.2) is 5.60 Å². The van der Waals surface area contributed by atoms with Crippen LogP contribution in [0, 0.1) is 5.41 Å². The van der Waals surface area contributed by atoms with E-state index in [2.05, 4.69) is 0 Å². The van der Waals surface area contributed by atoms with Gasteiger partial charge in [0, 0.05) is 28.3 Å². The maximum Gasteiger partial charge on any atom is 0.422 e. The van der Waals surface area contributed by atoms with Gasteiger partial charge in [-0.25, -0.2) is 4.79 Å². The van der Waals surface area contributed by atoms with E-state index in [0.29, 0.717) is 6.21 Å². The lowest BCUT2D eigenvalue weighted by Gasteiger charge is -2.37. The molecule has 2 rings (SSSR count). The molecule has 0 fully saturated rings. The van der Waals surface area contributed by atoms with Crippen molar-refractivity contribution in [3.05, 3.63) is 75.3 Å². The maximum absolute atomic E-state index is 14.2. The molecular weight excluding hydrogens is 510 g/mol. The summed E-state index contributed by atoms with van der Waals surface area (Å²) in [5.41, 5.74) is -4.15. The normalized spacial score (nSPS) is 15.2. The number of allylic oxidation sites excluding steroid dienone is 2. The summed E-state index contributed by atoms with van der Waals surface area (Å²) >= 11 is 12.1. The highest BCUT2D eigenvalue weighted by Gasteiger charge is 2.59. The molecule has 0 radical (unpaired) electrons. The molecule has 11 heteroatoms. The lowest BCUT2D eigenvalue weighted by molar-refractivity contribution is -0.249. The summed E-state index contributed by atoms with van der Waals surface area (Å²) in [6, 6.07) is 7.90. The Morgan fingerprint density at radius 3 is 2.26 bits per heavy atom. The summed E-state index contributed by atoms with van der Waals surface area (Å²) in [4.78, 5) is 11.2. The predicted octanol–water partition coefficient (Wildman–Crippen LogP) is 6.95. The molecule has 0 amide bonds. The molecule has 35 heavy (non-hydrogen) atoms. The summed E-state index contributed by atoms with van der Waals surface area (Å²) in [5, 5.41) is 27.2. The number of rotatable bonds is 9. The van der Waals surface area contributed by atoms with Crippen molar-refractivity contribution >= 4 is 35.4 Å². The van der Waals surface area contributed by atoms with Crippen molar-refractivity contribution < 1.29 is 37.7 Å². The molecule has 0 bridgehead atoms. The Bertz CT molecular complexity index is 1180. The van der Waals surface area contributed by atoms with Crippen molar-refractivity contribution in [3.8, 4) is 17.2 Å². The minimum absolute atomic E-state index is 0.0211. The standard InChI is InChI=1S/C24H22Cl2F3NO5/c1-13(25)10-15(8-9-30)23(33,24(27,28)29)14(2)18-6-4-16(11-20(18)26)35-17-5-7-19(22(31)32)21(12-17)34-3/h4-12,14,30,33H,1-3H3,(H,31,32)/b13-10+,15-8+,30-9?. The van der Waals surface area contributed by atoms with E-state index >= 15 is 0 Å². The van der Waals surface area contributed by atoms with E-state index in [-0.39, 0.29) is 38.4 Å². The molecule has 6 nitrogen and oxygen atoms in total. The second-order valence-electron chi connectivity index (χ2n) is 7.46. The summed E-state index contributed by atoms with van der Waals surface area (Å²) in [7, 11) is 1.29. The van der Waals surface area contributed by atoms with Gasteiger partial charge in [-0.2, -0.15) is 13.2 Å². The molecule has 2 unspecified atom stereocenters. The maximum atomic E-state index is 14.2. The van der Waals surface area contributed by atoms with E-state index in [4.69, 9.17) is 38.1 Å². The zero-order valence-electron chi connectivity index (χ0n) is 18.8. The van der Waals surface area contributed by atoms with E-state index in [1.165, 1.54) is 50.4 Å². The van der Waals surface area contributed by atoms with Gasteiger partial charge in [0.25, 0.3) is 0 Å². The number of benzene rings is 2. The highest BCUT2D eigenvalue weighted by Crippen LogP contribution is 2.48. The highest BCUT2D eigenvalue weighted by molar-refractivity contribution is 6.31. The molecule has 0 aromatic heterocycles. The van der Waals surface area contributed by atoms with Crippen LogP contribution in [0.25, 0.3) is 0 Å². The van der Waals surface area contributed by atoms with Gasteiger partial charge in [0.2, 0.25) is 0 Å².